The van der Waals surface area contributed by atoms with Crippen LogP contribution in [0.3, 0.4) is 0 Å². The van der Waals surface area contributed by atoms with Gasteiger partial charge in [-0.2, -0.15) is 0 Å². The van der Waals surface area contributed by atoms with Crippen LogP contribution < -0.4 is 0 Å². The van der Waals surface area contributed by atoms with E-state index in [1.54, 1.807) is 21.3 Å². The lowest BCUT2D eigenvalue weighted by Gasteiger charge is -2.35. The number of hydrogen-bond donors (Lipinski definition) is 0. The van der Waals surface area contributed by atoms with Crippen LogP contribution in [0.4, 0.5) is 0 Å². The summed E-state index contributed by atoms with van der Waals surface area (Å²) in [6, 6.07) is 1.00. The molecule has 4 nitrogen and oxygen atoms in total. The molecule has 1 saturated heterocycles. The van der Waals surface area contributed by atoms with Gasteiger partial charge in [-0.15, -0.1) is 0 Å². The SMILES string of the molecule is CO[SiH]1OCCC[Si]1(OC)OC. The molecule has 0 radical (unpaired) electrons. The second kappa shape index (κ2) is 4.49. The summed E-state index contributed by atoms with van der Waals surface area (Å²) in [5, 5.41) is 0. The average Bonchev–Trinajstić information content (AvgIpc) is 2.17. The third-order valence-corrected chi connectivity index (χ3v) is 12.0. The molecule has 12 heavy (non-hydrogen) atoms. The molecule has 0 aromatic heterocycles. The number of hydrogen-bond acceptors (Lipinski definition) is 4. The summed E-state index contributed by atoms with van der Waals surface area (Å²) < 4.78 is 21.8. The van der Waals surface area contributed by atoms with E-state index in [4.69, 9.17) is 17.7 Å². The Morgan fingerprint density at radius 1 is 1.25 bits per heavy atom. The Morgan fingerprint density at radius 3 is 2.33 bits per heavy atom. The van der Waals surface area contributed by atoms with Gasteiger partial charge in [-0.3, -0.25) is 0 Å². The highest BCUT2D eigenvalue weighted by atomic mass is 29.3. The maximum atomic E-state index is 5.55. The Hall–Kier alpha value is 0.274. The maximum Gasteiger partial charge on any atom is 0.379 e. The van der Waals surface area contributed by atoms with E-state index in [-0.39, 0.29) is 0 Å². The zero-order valence-electron chi connectivity index (χ0n) is 7.83. The Labute approximate surface area is 75.7 Å². The van der Waals surface area contributed by atoms with E-state index < -0.39 is 16.9 Å². The highest BCUT2D eigenvalue weighted by Crippen LogP contribution is 2.23. The van der Waals surface area contributed by atoms with Crippen molar-refractivity contribution in [1.82, 2.24) is 0 Å². The summed E-state index contributed by atoms with van der Waals surface area (Å²) in [4.78, 5) is 0. The molecule has 0 spiro atoms. The molecule has 0 aromatic rings. The molecule has 1 fully saturated rings. The highest BCUT2D eigenvalue weighted by Gasteiger charge is 2.51. The van der Waals surface area contributed by atoms with Gasteiger partial charge in [-0.25, -0.2) is 0 Å². The second-order valence-corrected chi connectivity index (χ2v) is 11.2. The summed E-state index contributed by atoms with van der Waals surface area (Å²) in [5.41, 5.74) is 0. The molecule has 0 aromatic carbocycles. The van der Waals surface area contributed by atoms with Crippen molar-refractivity contribution >= 4 is 16.9 Å². The topological polar surface area (TPSA) is 36.9 Å². The van der Waals surface area contributed by atoms with E-state index in [2.05, 4.69) is 0 Å². The summed E-state index contributed by atoms with van der Waals surface area (Å²) in [6.07, 6.45) is 1.03. The first-order valence-corrected chi connectivity index (χ1v) is 8.81. The van der Waals surface area contributed by atoms with Gasteiger partial charge in [0.1, 0.15) is 0 Å². The number of rotatable bonds is 3. The Balaban J connectivity index is 2.66. The first-order chi connectivity index (χ1) is 5.79. The predicted molar refractivity (Wildman–Crippen MR) is 49.3 cm³/mol. The normalized spacial score (nSPS) is 28.8. The minimum Gasteiger partial charge on any atom is -0.399 e. The van der Waals surface area contributed by atoms with Gasteiger partial charge in [0.25, 0.3) is 0 Å². The summed E-state index contributed by atoms with van der Waals surface area (Å²) in [5.74, 6) is 0. The van der Waals surface area contributed by atoms with Crippen molar-refractivity contribution in [3.05, 3.63) is 0 Å². The van der Waals surface area contributed by atoms with E-state index in [1.165, 1.54) is 0 Å². The van der Waals surface area contributed by atoms with Crippen LogP contribution in [0.15, 0.2) is 0 Å². The van der Waals surface area contributed by atoms with Gasteiger partial charge in [-0.05, 0) is 12.5 Å². The lowest BCUT2D eigenvalue weighted by Crippen LogP contribution is -2.60. The van der Waals surface area contributed by atoms with Crippen LogP contribution in [0, 0.1) is 0 Å². The first-order valence-electron chi connectivity index (χ1n) is 4.04. The molecule has 1 unspecified atom stereocenters. The first kappa shape index (κ1) is 10.4. The van der Waals surface area contributed by atoms with E-state index in [0.29, 0.717) is 0 Å². The fourth-order valence-electron chi connectivity index (χ4n) is 1.48. The lowest BCUT2D eigenvalue weighted by atomic mass is 10.5. The van der Waals surface area contributed by atoms with Crippen LogP contribution in [-0.4, -0.2) is 44.8 Å². The fourth-order valence-corrected chi connectivity index (χ4v) is 9.11. The molecule has 0 bridgehead atoms. The molecule has 1 atom stereocenters. The van der Waals surface area contributed by atoms with Gasteiger partial charge in [-0.1, -0.05) is 0 Å². The van der Waals surface area contributed by atoms with Crippen molar-refractivity contribution < 1.29 is 17.7 Å². The van der Waals surface area contributed by atoms with Crippen LogP contribution >= 0.6 is 0 Å². The molecule has 6 heteroatoms. The smallest absolute Gasteiger partial charge is 0.379 e. The molecule has 72 valence electrons. The zero-order chi connectivity index (χ0) is 9.03. The van der Waals surface area contributed by atoms with E-state index >= 15 is 0 Å². The van der Waals surface area contributed by atoms with Crippen molar-refractivity contribution in [3.8, 4) is 0 Å². The van der Waals surface area contributed by atoms with Crippen molar-refractivity contribution in [2.75, 3.05) is 27.9 Å². The van der Waals surface area contributed by atoms with Gasteiger partial charge in [0.05, 0.1) is 0 Å². The minimum atomic E-state index is -2.07. The molecular formula is C6H16O4Si2. The molecule has 1 aliphatic heterocycles. The van der Waals surface area contributed by atoms with Gasteiger partial charge in [0.2, 0.25) is 0 Å². The monoisotopic (exact) mass is 208 g/mol. The van der Waals surface area contributed by atoms with E-state index in [9.17, 15) is 0 Å². The molecule has 0 amide bonds. The van der Waals surface area contributed by atoms with Gasteiger partial charge < -0.3 is 17.7 Å². The van der Waals surface area contributed by atoms with Crippen molar-refractivity contribution in [1.29, 1.82) is 0 Å². The van der Waals surface area contributed by atoms with Crippen molar-refractivity contribution in [3.63, 3.8) is 0 Å². The Kier molecular flexibility index (Phi) is 3.88. The Morgan fingerprint density at radius 2 is 1.92 bits per heavy atom. The van der Waals surface area contributed by atoms with Crippen molar-refractivity contribution in [2.45, 2.75) is 12.5 Å². The van der Waals surface area contributed by atoms with Crippen molar-refractivity contribution in [2.24, 2.45) is 0 Å². The minimum absolute atomic E-state index is 0.798. The summed E-state index contributed by atoms with van der Waals surface area (Å²) >= 11 is 0. The summed E-state index contributed by atoms with van der Waals surface area (Å²) in [7, 11) is 1.35. The largest absolute Gasteiger partial charge is 0.399 e. The van der Waals surface area contributed by atoms with E-state index in [1.807, 2.05) is 0 Å². The van der Waals surface area contributed by atoms with Crippen LogP contribution in [0.1, 0.15) is 6.42 Å². The molecule has 0 N–H and O–H groups in total. The van der Waals surface area contributed by atoms with Gasteiger partial charge in [0, 0.05) is 27.9 Å². The van der Waals surface area contributed by atoms with Crippen LogP contribution in [-0.2, 0) is 17.7 Å². The predicted octanol–water partition coefficient (Wildman–Crippen LogP) is 0.0870. The third-order valence-electron chi connectivity index (χ3n) is 2.20. The standard InChI is InChI=1S/C6H16O4Si2/c1-7-11-10-5-4-6-12(11,8-2)9-3/h11H,4-6H2,1-3H3. The quantitative estimate of drug-likeness (QED) is 0.616. The highest BCUT2D eigenvalue weighted by molar-refractivity contribution is 7.22. The second-order valence-electron chi connectivity index (χ2n) is 2.76. The maximum absolute atomic E-state index is 5.55. The van der Waals surface area contributed by atoms with Crippen LogP contribution in [0.2, 0.25) is 6.04 Å². The molecule has 1 heterocycles. The molecule has 0 saturated carbocycles. The lowest BCUT2D eigenvalue weighted by molar-refractivity contribution is 0.178. The average molecular weight is 208 g/mol. The molecule has 1 rings (SSSR count). The molecule has 0 aliphatic carbocycles. The van der Waals surface area contributed by atoms with Crippen LogP contribution in [0.25, 0.3) is 0 Å². The van der Waals surface area contributed by atoms with Crippen LogP contribution in [0.5, 0.6) is 0 Å². The molecule has 1 aliphatic rings. The summed E-state index contributed by atoms with van der Waals surface area (Å²) in [6.45, 7) is 0.798. The third kappa shape index (κ3) is 1.78. The molecular weight excluding hydrogens is 192 g/mol. The fraction of sp³-hybridized carbons (Fsp3) is 1.00. The van der Waals surface area contributed by atoms with E-state index in [0.717, 1.165) is 19.1 Å². The Bertz CT molecular complexity index is 140. The van der Waals surface area contributed by atoms with Gasteiger partial charge in [0.15, 0.2) is 0 Å². The zero-order valence-corrected chi connectivity index (χ0v) is 9.99. The van der Waals surface area contributed by atoms with Gasteiger partial charge >= 0.3 is 16.9 Å².